The maximum Gasteiger partial charge on any atom is 0.159 e. The van der Waals surface area contributed by atoms with Gasteiger partial charge in [0.05, 0.1) is 12.8 Å². The van der Waals surface area contributed by atoms with E-state index in [0.717, 1.165) is 41.6 Å². The lowest BCUT2D eigenvalue weighted by molar-refractivity contribution is 0.415. The van der Waals surface area contributed by atoms with Crippen LogP contribution in [0.4, 0.5) is 0 Å². The summed E-state index contributed by atoms with van der Waals surface area (Å²) in [4.78, 5) is 9.18. The number of aryl methyl sites for hydroxylation is 1. The van der Waals surface area contributed by atoms with Crippen LogP contribution >= 0.6 is 0 Å². The van der Waals surface area contributed by atoms with Gasteiger partial charge < -0.3 is 10.1 Å². The van der Waals surface area contributed by atoms with Crippen molar-refractivity contribution in [3.63, 3.8) is 0 Å². The summed E-state index contributed by atoms with van der Waals surface area (Å²) in [6.45, 7) is 8.13. The monoisotopic (exact) mass is 285 g/mol. The summed E-state index contributed by atoms with van der Waals surface area (Å²) in [6, 6.07) is 9.86. The van der Waals surface area contributed by atoms with E-state index in [1.165, 1.54) is 0 Å². The molecule has 21 heavy (non-hydrogen) atoms. The van der Waals surface area contributed by atoms with Crippen LogP contribution < -0.4 is 10.1 Å². The third-order valence-corrected chi connectivity index (χ3v) is 3.09. The van der Waals surface area contributed by atoms with Crippen molar-refractivity contribution in [1.29, 1.82) is 0 Å². The van der Waals surface area contributed by atoms with Crippen LogP contribution in [0.25, 0.3) is 11.4 Å². The highest BCUT2D eigenvalue weighted by Gasteiger charge is 2.06. The van der Waals surface area contributed by atoms with Gasteiger partial charge in [-0.05, 0) is 37.6 Å². The lowest BCUT2D eigenvalue weighted by Crippen LogP contribution is -2.20. The van der Waals surface area contributed by atoms with Crippen molar-refractivity contribution in [2.24, 2.45) is 5.92 Å². The first-order valence-corrected chi connectivity index (χ1v) is 7.28. The predicted molar refractivity (Wildman–Crippen MR) is 85.3 cm³/mol. The number of nitrogens with zero attached hydrogens (tertiary/aromatic N) is 2. The quantitative estimate of drug-likeness (QED) is 0.885. The van der Waals surface area contributed by atoms with Gasteiger partial charge in [-0.25, -0.2) is 9.97 Å². The molecule has 0 aliphatic rings. The Bertz CT molecular complexity index is 596. The number of methoxy groups -OCH3 is 1. The van der Waals surface area contributed by atoms with Crippen LogP contribution in [0.3, 0.4) is 0 Å². The molecule has 1 aromatic heterocycles. The van der Waals surface area contributed by atoms with E-state index in [2.05, 4.69) is 29.1 Å². The third kappa shape index (κ3) is 4.53. The number of nitrogens with one attached hydrogen (secondary N) is 1. The molecule has 0 amide bonds. The lowest BCUT2D eigenvalue weighted by atomic mass is 10.2. The van der Waals surface area contributed by atoms with E-state index in [4.69, 9.17) is 4.74 Å². The Morgan fingerprint density at radius 3 is 2.71 bits per heavy atom. The SMILES string of the molecule is COc1cccc(-c2nc(C)cc(CNCC(C)C)n2)c1. The van der Waals surface area contributed by atoms with E-state index in [9.17, 15) is 0 Å². The van der Waals surface area contributed by atoms with Crippen molar-refractivity contribution in [3.8, 4) is 17.1 Å². The van der Waals surface area contributed by atoms with Gasteiger partial charge in [0.25, 0.3) is 0 Å². The van der Waals surface area contributed by atoms with Crippen LogP contribution in [-0.2, 0) is 6.54 Å². The number of benzene rings is 1. The molecule has 0 bridgehead atoms. The van der Waals surface area contributed by atoms with Gasteiger partial charge in [0.1, 0.15) is 5.75 Å². The van der Waals surface area contributed by atoms with Crippen molar-refractivity contribution in [2.75, 3.05) is 13.7 Å². The van der Waals surface area contributed by atoms with Gasteiger partial charge in [-0.1, -0.05) is 26.0 Å². The highest BCUT2D eigenvalue weighted by molar-refractivity contribution is 5.57. The fourth-order valence-corrected chi connectivity index (χ4v) is 2.10. The molecule has 0 saturated heterocycles. The number of aromatic nitrogens is 2. The fraction of sp³-hybridized carbons (Fsp3) is 0.412. The maximum atomic E-state index is 5.26. The fourth-order valence-electron chi connectivity index (χ4n) is 2.10. The van der Waals surface area contributed by atoms with Gasteiger partial charge in [-0.3, -0.25) is 0 Å². The van der Waals surface area contributed by atoms with Gasteiger partial charge in [-0.15, -0.1) is 0 Å². The Labute approximate surface area is 126 Å². The summed E-state index contributed by atoms with van der Waals surface area (Å²) < 4.78 is 5.26. The first-order valence-electron chi connectivity index (χ1n) is 7.28. The number of hydrogen-bond donors (Lipinski definition) is 1. The van der Waals surface area contributed by atoms with E-state index in [1.54, 1.807) is 7.11 Å². The minimum Gasteiger partial charge on any atom is -0.497 e. The van der Waals surface area contributed by atoms with Gasteiger partial charge in [0.2, 0.25) is 0 Å². The second kappa shape index (κ2) is 7.18. The molecule has 1 heterocycles. The Hall–Kier alpha value is -1.94. The van der Waals surface area contributed by atoms with Crippen molar-refractivity contribution >= 4 is 0 Å². The summed E-state index contributed by atoms with van der Waals surface area (Å²) in [6.07, 6.45) is 0. The molecule has 0 radical (unpaired) electrons. The molecule has 0 unspecified atom stereocenters. The standard InChI is InChI=1S/C17H23N3O/c1-12(2)10-18-11-15-8-13(3)19-17(20-15)14-6-5-7-16(9-14)21-4/h5-9,12,18H,10-11H2,1-4H3. The van der Waals surface area contributed by atoms with Crippen molar-refractivity contribution in [2.45, 2.75) is 27.3 Å². The topological polar surface area (TPSA) is 47.0 Å². The van der Waals surface area contributed by atoms with E-state index < -0.39 is 0 Å². The molecular weight excluding hydrogens is 262 g/mol. The van der Waals surface area contributed by atoms with Crippen LogP contribution in [0.1, 0.15) is 25.2 Å². The Morgan fingerprint density at radius 1 is 1.19 bits per heavy atom. The van der Waals surface area contributed by atoms with Gasteiger partial charge >= 0.3 is 0 Å². The molecule has 0 atom stereocenters. The molecular formula is C17H23N3O. The van der Waals surface area contributed by atoms with Crippen LogP contribution in [0.15, 0.2) is 30.3 Å². The average Bonchev–Trinajstić information content (AvgIpc) is 2.46. The summed E-state index contributed by atoms with van der Waals surface area (Å²) in [7, 11) is 1.66. The molecule has 4 nitrogen and oxygen atoms in total. The van der Waals surface area contributed by atoms with Gasteiger partial charge in [0.15, 0.2) is 5.82 Å². The van der Waals surface area contributed by atoms with Crippen LogP contribution in [0, 0.1) is 12.8 Å². The summed E-state index contributed by atoms with van der Waals surface area (Å²) in [5.41, 5.74) is 2.97. The Kier molecular flexibility index (Phi) is 5.28. The summed E-state index contributed by atoms with van der Waals surface area (Å²) in [5, 5.41) is 3.41. The maximum absolute atomic E-state index is 5.26. The predicted octanol–water partition coefficient (Wildman–Crippen LogP) is 3.21. The third-order valence-electron chi connectivity index (χ3n) is 3.09. The second-order valence-corrected chi connectivity index (χ2v) is 5.58. The normalized spacial score (nSPS) is 10.9. The molecule has 1 aromatic carbocycles. The highest BCUT2D eigenvalue weighted by atomic mass is 16.5. The molecule has 112 valence electrons. The summed E-state index contributed by atoms with van der Waals surface area (Å²) in [5.74, 6) is 2.19. The van der Waals surface area contributed by atoms with E-state index in [-0.39, 0.29) is 0 Å². The molecule has 0 saturated carbocycles. The molecule has 2 aromatic rings. The zero-order chi connectivity index (χ0) is 15.2. The minimum atomic E-state index is 0.630. The van der Waals surface area contributed by atoms with Crippen LogP contribution in [-0.4, -0.2) is 23.6 Å². The summed E-state index contributed by atoms with van der Waals surface area (Å²) >= 11 is 0. The van der Waals surface area contributed by atoms with E-state index in [1.807, 2.05) is 37.3 Å². The van der Waals surface area contributed by atoms with Crippen molar-refractivity contribution in [1.82, 2.24) is 15.3 Å². The van der Waals surface area contributed by atoms with E-state index in [0.29, 0.717) is 5.92 Å². The van der Waals surface area contributed by atoms with Gasteiger partial charge in [-0.2, -0.15) is 0 Å². The first kappa shape index (κ1) is 15.4. The van der Waals surface area contributed by atoms with Crippen LogP contribution in [0.2, 0.25) is 0 Å². The zero-order valence-corrected chi connectivity index (χ0v) is 13.2. The Balaban J connectivity index is 2.21. The molecule has 1 N–H and O–H groups in total. The number of ether oxygens (including phenoxy) is 1. The zero-order valence-electron chi connectivity index (χ0n) is 13.2. The van der Waals surface area contributed by atoms with Crippen molar-refractivity contribution in [3.05, 3.63) is 41.7 Å². The number of hydrogen-bond acceptors (Lipinski definition) is 4. The van der Waals surface area contributed by atoms with Crippen LogP contribution in [0.5, 0.6) is 5.75 Å². The highest BCUT2D eigenvalue weighted by Crippen LogP contribution is 2.21. The average molecular weight is 285 g/mol. The molecule has 0 spiro atoms. The molecule has 0 aliphatic carbocycles. The minimum absolute atomic E-state index is 0.630. The smallest absolute Gasteiger partial charge is 0.159 e. The molecule has 2 rings (SSSR count). The molecule has 4 heteroatoms. The lowest BCUT2D eigenvalue weighted by Gasteiger charge is -2.09. The van der Waals surface area contributed by atoms with Crippen molar-refractivity contribution < 1.29 is 4.74 Å². The first-order chi connectivity index (χ1) is 10.1. The Morgan fingerprint density at radius 2 is 2.00 bits per heavy atom. The second-order valence-electron chi connectivity index (χ2n) is 5.58. The van der Waals surface area contributed by atoms with Gasteiger partial charge in [0, 0.05) is 17.8 Å². The molecule has 0 fully saturated rings. The largest absolute Gasteiger partial charge is 0.497 e. The number of rotatable bonds is 6. The van der Waals surface area contributed by atoms with E-state index >= 15 is 0 Å². The molecule has 0 aliphatic heterocycles.